The first-order valence-electron chi connectivity index (χ1n) is 9.50. The van der Waals surface area contributed by atoms with Gasteiger partial charge in [-0.15, -0.1) is 0 Å². The second-order valence-corrected chi connectivity index (χ2v) is 8.68. The number of rotatable bonds is 6. The molecule has 3 heterocycles. The fraction of sp³-hybridized carbons (Fsp3) is 0.350. The molecule has 0 fully saturated rings. The lowest BCUT2D eigenvalue weighted by Gasteiger charge is -2.20. The molecule has 1 amide bonds. The van der Waals surface area contributed by atoms with E-state index in [1.165, 1.54) is 14.0 Å². The summed E-state index contributed by atoms with van der Waals surface area (Å²) >= 11 is 0.994. The molecule has 0 spiro atoms. The quantitative estimate of drug-likeness (QED) is 0.566. The molecule has 32 heavy (non-hydrogen) atoms. The number of nitrogens with zero attached hydrogens (tertiary/aromatic N) is 5. The van der Waals surface area contributed by atoms with E-state index in [9.17, 15) is 18.0 Å². The van der Waals surface area contributed by atoms with Crippen LogP contribution in [0, 0.1) is 0 Å². The van der Waals surface area contributed by atoms with E-state index in [-0.39, 0.29) is 16.6 Å². The number of amides is 1. The number of anilines is 3. The summed E-state index contributed by atoms with van der Waals surface area (Å²) in [6.07, 6.45) is -1.63. The number of halogens is 3. The highest BCUT2D eigenvalue weighted by Gasteiger charge is 2.32. The molecule has 170 valence electrons. The summed E-state index contributed by atoms with van der Waals surface area (Å²) in [5.41, 5.74) is 6.20. The third-order valence-corrected chi connectivity index (χ3v) is 5.02. The number of alkyl halides is 3. The standard InChI is InChI=1S/C20H22F3N7OS/c1-11(31)30(4)15-8-13(20(21,22)23)10-26-17(15)28-18-27-16(29-32-18)14-7-12(5-6-25-14)9-19(2,3)24/h5-8,10H,9,24H2,1-4H3,(H,26,27,28,29). The van der Waals surface area contributed by atoms with Crippen LogP contribution in [0.3, 0.4) is 0 Å². The lowest BCUT2D eigenvalue weighted by molar-refractivity contribution is -0.137. The van der Waals surface area contributed by atoms with Crippen LogP contribution in [-0.2, 0) is 17.4 Å². The molecule has 0 aliphatic carbocycles. The Morgan fingerprint density at radius 2 is 1.97 bits per heavy atom. The van der Waals surface area contributed by atoms with E-state index in [4.69, 9.17) is 5.73 Å². The van der Waals surface area contributed by atoms with Crippen LogP contribution in [0.5, 0.6) is 0 Å². The van der Waals surface area contributed by atoms with Crippen molar-refractivity contribution in [3.63, 3.8) is 0 Å². The van der Waals surface area contributed by atoms with Crippen LogP contribution in [-0.4, -0.2) is 37.8 Å². The van der Waals surface area contributed by atoms with Gasteiger partial charge >= 0.3 is 6.18 Å². The van der Waals surface area contributed by atoms with E-state index in [1.54, 1.807) is 6.20 Å². The summed E-state index contributed by atoms with van der Waals surface area (Å²) < 4.78 is 43.6. The van der Waals surface area contributed by atoms with Crippen molar-refractivity contribution in [3.05, 3.63) is 41.7 Å². The summed E-state index contributed by atoms with van der Waals surface area (Å²) in [5, 5.41) is 3.14. The fourth-order valence-corrected chi connectivity index (χ4v) is 3.42. The molecule has 0 aliphatic heterocycles. The minimum atomic E-state index is -4.59. The monoisotopic (exact) mass is 465 g/mol. The first kappa shape index (κ1) is 23.5. The maximum atomic E-state index is 13.1. The number of hydrogen-bond donors (Lipinski definition) is 2. The Kier molecular flexibility index (Phi) is 6.46. The zero-order valence-electron chi connectivity index (χ0n) is 17.9. The SMILES string of the molecule is CC(=O)N(C)c1cc(C(F)(F)F)cnc1Nc1nc(-c2cc(CC(C)(C)N)ccn2)ns1. The zero-order valence-corrected chi connectivity index (χ0v) is 18.7. The smallest absolute Gasteiger partial charge is 0.325 e. The van der Waals surface area contributed by atoms with Gasteiger partial charge in [-0.05, 0) is 44.0 Å². The molecule has 0 saturated heterocycles. The van der Waals surface area contributed by atoms with Crippen molar-refractivity contribution in [1.29, 1.82) is 0 Å². The average molecular weight is 466 g/mol. The first-order chi connectivity index (χ1) is 14.8. The molecule has 3 aromatic heterocycles. The highest BCUT2D eigenvalue weighted by atomic mass is 32.1. The van der Waals surface area contributed by atoms with Gasteiger partial charge in [-0.3, -0.25) is 9.78 Å². The molecule has 0 unspecified atom stereocenters. The maximum absolute atomic E-state index is 13.1. The third kappa shape index (κ3) is 5.77. The summed E-state index contributed by atoms with van der Waals surface area (Å²) in [6, 6.07) is 4.56. The van der Waals surface area contributed by atoms with Gasteiger partial charge in [0, 0.05) is 43.4 Å². The van der Waals surface area contributed by atoms with Gasteiger partial charge in [0.2, 0.25) is 11.0 Å². The Bertz CT molecular complexity index is 1120. The van der Waals surface area contributed by atoms with Crippen LogP contribution >= 0.6 is 11.5 Å². The highest BCUT2D eigenvalue weighted by molar-refractivity contribution is 7.09. The highest BCUT2D eigenvalue weighted by Crippen LogP contribution is 2.35. The van der Waals surface area contributed by atoms with Gasteiger partial charge in [-0.25, -0.2) is 4.98 Å². The van der Waals surface area contributed by atoms with E-state index in [2.05, 4.69) is 24.6 Å². The van der Waals surface area contributed by atoms with Crippen LogP contribution in [0.4, 0.5) is 29.8 Å². The summed E-state index contributed by atoms with van der Waals surface area (Å²) in [4.78, 5) is 25.4. The van der Waals surface area contributed by atoms with Crippen molar-refractivity contribution in [2.75, 3.05) is 17.3 Å². The van der Waals surface area contributed by atoms with Crippen LogP contribution in [0.1, 0.15) is 31.9 Å². The first-order valence-corrected chi connectivity index (χ1v) is 10.3. The fourth-order valence-electron chi connectivity index (χ4n) is 2.84. The van der Waals surface area contributed by atoms with E-state index in [0.717, 1.165) is 28.1 Å². The Hall–Kier alpha value is -3.12. The van der Waals surface area contributed by atoms with E-state index >= 15 is 0 Å². The molecule has 0 bridgehead atoms. The van der Waals surface area contributed by atoms with Gasteiger partial charge in [0.1, 0.15) is 5.69 Å². The van der Waals surface area contributed by atoms with Crippen molar-refractivity contribution >= 4 is 34.1 Å². The third-order valence-electron chi connectivity index (χ3n) is 4.39. The molecule has 0 saturated carbocycles. The molecular weight excluding hydrogens is 443 g/mol. The van der Waals surface area contributed by atoms with Gasteiger partial charge in [0.25, 0.3) is 0 Å². The maximum Gasteiger partial charge on any atom is 0.417 e. The van der Waals surface area contributed by atoms with E-state index in [1.807, 2.05) is 26.0 Å². The lowest BCUT2D eigenvalue weighted by atomic mass is 9.96. The molecule has 0 atom stereocenters. The minimum absolute atomic E-state index is 0.0330. The summed E-state index contributed by atoms with van der Waals surface area (Å²) in [7, 11) is 1.37. The number of pyridine rings is 2. The molecule has 0 radical (unpaired) electrons. The molecule has 0 aliphatic rings. The molecular formula is C20H22F3N7OS. The normalized spacial score (nSPS) is 12.0. The predicted octanol–water partition coefficient (Wildman–Crippen LogP) is 4.02. The van der Waals surface area contributed by atoms with Crippen molar-refractivity contribution in [2.24, 2.45) is 5.73 Å². The van der Waals surface area contributed by atoms with Crippen LogP contribution in [0.15, 0.2) is 30.6 Å². The topological polar surface area (TPSA) is 110 Å². The van der Waals surface area contributed by atoms with Gasteiger partial charge in [-0.1, -0.05) is 0 Å². The van der Waals surface area contributed by atoms with Gasteiger partial charge in [-0.2, -0.15) is 22.5 Å². The summed E-state index contributed by atoms with van der Waals surface area (Å²) in [5.74, 6) is -0.0523. The van der Waals surface area contributed by atoms with Crippen LogP contribution in [0.2, 0.25) is 0 Å². The minimum Gasteiger partial charge on any atom is -0.325 e. The molecule has 12 heteroatoms. The molecule has 3 rings (SSSR count). The van der Waals surface area contributed by atoms with E-state index < -0.39 is 23.2 Å². The van der Waals surface area contributed by atoms with Gasteiger partial charge < -0.3 is 16.0 Å². The number of nitrogens with two attached hydrogens (primary N) is 1. The molecule has 3 aromatic rings. The zero-order chi connectivity index (χ0) is 23.7. The molecule has 0 aromatic carbocycles. The Balaban J connectivity index is 1.90. The van der Waals surface area contributed by atoms with Crippen molar-refractivity contribution in [1.82, 2.24) is 19.3 Å². The summed E-state index contributed by atoms with van der Waals surface area (Å²) in [6.45, 7) is 5.08. The van der Waals surface area contributed by atoms with Crippen molar-refractivity contribution in [2.45, 2.75) is 38.9 Å². The number of aromatic nitrogens is 4. The van der Waals surface area contributed by atoms with Crippen molar-refractivity contribution in [3.8, 4) is 11.5 Å². The van der Waals surface area contributed by atoms with Gasteiger partial charge in [0.05, 0.1) is 11.3 Å². The van der Waals surface area contributed by atoms with Crippen LogP contribution < -0.4 is 16.0 Å². The average Bonchev–Trinajstić information content (AvgIpc) is 3.14. The number of nitrogens with one attached hydrogen (secondary N) is 1. The van der Waals surface area contributed by atoms with E-state index in [0.29, 0.717) is 24.1 Å². The Morgan fingerprint density at radius 3 is 2.59 bits per heavy atom. The largest absolute Gasteiger partial charge is 0.417 e. The second kappa shape index (κ2) is 8.79. The molecule has 3 N–H and O–H groups in total. The Labute approximate surface area is 186 Å². The number of carbonyl (C=O) groups excluding carboxylic acids is 1. The van der Waals surface area contributed by atoms with Crippen LogP contribution in [0.25, 0.3) is 11.5 Å². The number of carbonyl (C=O) groups is 1. The Morgan fingerprint density at radius 1 is 1.25 bits per heavy atom. The predicted molar refractivity (Wildman–Crippen MR) is 117 cm³/mol. The number of hydrogen-bond acceptors (Lipinski definition) is 8. The molecule has 8 nitrogen and oxygen atoms in total. The van der Waals surface area contributed by atoms with Gasteiger partial charge in [0.15, 0.2) is 11.6 Å². The van der Waals surface area contributed by atoms with Crippen molar-refractivity contribution < 1.29 is 18.0 Å². The second-order valence-electron chi connectivity index (χ2n) is 7.93. The lowest BCUT2D eigenvalue weighted by Crippen LogP contribution is -2.34.